The third kappa shape index (κ3) is 3.95. The number of rotatable bonds is 8. The molecule has 5 nitrogen and oxygen atoms in total. The molecular weight excluding hydrogens is 252 g/mol. The van der Waals surface area contributed by atoms with Crippen LogP contribution in [0.15, 0.2) is 29.1 Å². The monoisotopic (exact) mass is 276 g/mol. The SMILES string of the molecule is CCCNCc1occc1CN(C)Cc1nccn1C. The molecule has 110 valence electrons. The largest absolute Gasteiger partial charge is 0.468 e. The van der Waals surface area contributed by atoms with Crippen LogP contribution in [0.25, 0.3) is 0 Å². The first-order chi connectivity index (χ1) is 9.70. The first-order valence-electron chi connectivity index (χ1n) is 7.11. The van der Waals surface area contributed by atoms with Gasteiger partial charge in [-0.05, 0) is 26.1 Å². The highest BCUT2D eigenvalue weighted by Crippen LogP contribution is 2.13. The molecule has 1 N–H and O–H groups in total. The number of hydrogen-bond acceptors (Lipinski definition) is 4. The topological polar surface area (TPSA) is 46.2 Å². The van der Waals surface area contributed by atoms with E-state index in [2.05, 4.69) is 39.8 Å². The van der Waals surface area contributed by atoms with Crippen LogP contribution in [0.4, 0.5) is 0 Å². The van der Waals surface area contributed by atoms with Crippen molar-refractivity contribution in [1.82, 2.24) is 19.8 Å². The summed E-state index contributed by atoms with van der Waals surface area (Å²) >= 11 is 0. The Morgan fingerprint density at radius 3 is 2.95 bits per heavy atom. The average molecular weight is 276 g/mol. The van der Waals surface area contributed by atoms with Crippen molar-refractivity contribution in [3.05, 3.63) is 41.9 Å². The van der Waals surface area contributed by atoms with E-state index >= 15 is 0 Å². The molecular formula is C15H24N4O. The standard InChI is InChI=1S/C15H24N4O/c1-4-6-16-10-14-13(5-9-20-14)11-18(2)12-15-17-7-8-19(15)3/h5,7-9,16H,4,6,10-12H2,1-3H3. The van der Waals surface area contributed by atoms with E-state index < -0.39 is 0 Å². The molecule has 0 radical (unpaired) electrons. The normalized spacial score (nSPS) is 11.4. The van der Waals surface area contributed by atoms with Gasteiger partial charge in [-0.1, -0.05) is 6.92 Å². The zero-order valence-corrected chi connectivity index (χ0v) is 12.6. The second-order valence-electron chi connectivity index (χ2n) is 5.17. The van der Waals surface area contributed by atoms with Crippen LogP contribution >= 0.6 is 0 Å². The summed E-state index contributed by atoms with van der Waals surface area (Å²) in [5.74, 6) is 2.10. The molecule has 0 saturated carbocycles. The smallest absolute Gasteiger partial charge is 0.122 e. The molecule has 0 spiro atoms. The van der Waals surface area contributed by atoms with Gasteiger partial charge in [-0.25, -0.2) is 4.98 Å². The molecule has 2 aromatic heterocycles. The number of nitrogens with one attached hydrogen (secondary N) is 1. The van der Waals surface area contributed by atoms with Crippen molar-refractivity contribution < 1.29 is 4.42 Å². The van der Waals surface area contributed by atoms with Gasteiger partial charge in [-0.2, -0.15) is 0 Å². The number of imidazole rings is 1. The Kier molecular flexibility index (Phi) is 5.38. The van der Waals surface area contributed by atoms with E-state index in [1.54, 1.807) is 6.26 Å². The van der Waals surface area contributed by atoms with Crippen LogP contribution in [-0.4, -0.2) is 28.0 Å². The summed E-state index contributed by atoms with van der Waals surface area (Å²) in [5, 5.41) is 3.38. The van der Waals surface area contributed by atoms with Crippen LogP contribution < -0.4 is 5.32 Å². The van der Waals surface area contributed by atoms with E-state index in [1.165, 1.54) is 5.56 Å². The average Bonchev–Trinajstić information content (AvgIpc) is 3.01. The molecule has 0 saturated heterocycles. The molecule has 0 aliphatic heterocycles. The Labute approximate surface area is 120 Å². The minimum Gasteiger partial charge on any atom is -0.468 e. The summed E-state index contributed by atoms with van der Waals surface area (Å²) in [5.41, 5.74) is 1.24. The number of furan rings is 1. The fourth-order valence-electron chi connectivity index (χ4n) is 2.18. The first-order valence-corrected chi connectivity index (χ1v) is 7.11. The van der Waals surface area contributed by atoms with Crippen molar-refractivity contribution in [1.29, 1.82) is 0 Å². The van der Waals surface area contributed by atoms with Crippen molar-refractivity contribution in [2.24, 2.45) is 7.05 Å². The van der Waals surface area contributed by atoms with Crippen LogP contribution in [0.2, 0.25) is 0 Å². The fourth-order valence-corrected chi connectivity index (χ4v) is 2.18. The molecule has 0 fully saturated rings. The summed E-state index contributed by atoms with van der Waals surface area (Å²) in [7, 11) is 4.12. The van der Waals surface area contributed by atoms with E-state index in [0.717, 1.165) is 44.2 Å². The minimum atomic E-state index is 0.798. The summed E-state index contributed by atoms with van der Waals surface area (Å²) in [6.45, 7) is 5.68. The van der Waals surface area contributed by atoms with Gasteiger partial charge in [0.05, 0.1) is 19.4 Å². The Bertz CT molecular complexity index is 517. The van der Waals surface area contributed by atoms with Crippen LogP contribution in [-0.2, 0) is 26.7 Å². The van der Waals surface area contributed by atoms with Gasteiger partial charge in [0.1, 0.15) is 11.6 Å². The molecule has 5 heteroatoms. The van der Waals surface area contributed by atoms with Crippen molar-refractivity contribution in [3.8, 4) is 0 Å². The maximum Gasteiger partial charge on any atom is 0.122 e. The third-order valence-corrected chi connectivity index (χ3v) is 3.32. The van der Waals surface area contributed by atoms with E-state index in [1.807, 2.05) is 19.4 Å². The van der Waals surface area contributed by atoms with Gasteiger partial charge in [-0.15, -0.1) is 0 Å². The number of nitrogens with zero attached hydrogens (tertiary/aromatic N) is 3. The molecule has 0 unspecified atom stereocenters. The lowest BCUT2D eigenvalue weighted by Crippen LogP contribution is -2.21. The summed E-state index contributed by atoms with van der Waals surface area (Å²) in [6, 6.07) is 2.05. The highest BCUT2D eigenvalue weighted by molar-refractivity contribution is 5.16. The molecule has 0 bridgehead atoms. The van der Waals surface area contributed by atoms with Gasteiger partial charge in [-0.3, -0.25) is 4.90 Å². The van der Waals surface area contributed by atoms with Gasteiger partial charge in [0.2, 0.25) is 0 Å². The highest BCUT2D eigenvalue weighted by atomic mass is 16.3. The zero-order chi connectivity index (χ0) is 14.4. The molecule has 0 aromatic carbocycles. The highest BCUT2D eigenvalue weighted by Gasteiger charge is 2.10. The van der Waals surface area contributed by atoms with Gasteiger partial charge < -0.3 is 14.3 Å². The van der Waals surface area contributed by atoms with Gasteiger partial charge in [0.25, 0.3) is 0 Å². The molecule has 20 heavy (non-hydrogen) atoms. The van der Waals surface area contributed by atoms with Crippen LogP contribution in [0.3, 0.4) is 0 Å². The van der Waals surface area contributed by atoms with Crippen LogP contribution in [0, 0.1) is 0 Å². The summed E-state index contributed by atoms with van der Waals surface area (Å²) in [4.78, 5) is 6.60. The quantitative estimate of drug-likeness (QED) is 0.750. The molecule has 2 aromatic rings. The van der Waals surface area contributed by atoms with E-state index in [0.29, 0.717) is 0 Å². The lowest BCUT2D eigenvalue weighted by atomic mass is 10.2. The predicted octanol–water partition coefficient (Wildman–Crippen LogP) is 2.14. The third-order valence-electron chi connectivity index (χ3n) is 3.32. The predicted molar refractivity (Wildman–Crippen MR) is 79.1 cm³/mol. The van der Waals surface area contributed by atoms with Crippen molar-refractivity contribution in [2.75, 3.05) is 13.6 Å². The number of aromatic nitrogens is 2. The Morgan fingerprint density at radius 2 is 2.25 bits per heavy atom. The van der Waals surface area contributed by atoms with E-state index in [9.17, 15) is 0 Å². The maximum atomic E-state index is 5.56. The first kappa shape index (κ1) is 14.8. The van der Waals surface area contributed by atoms with E-state index in [-0.39, 0.29) is 0 Å². The summed E-state index contributed by atoms with van der Waals surface area (Å²) < 4.78 is 7.61. The van der Waals surface area contributed by atoms with Gasteiger partial charge in [0.15, 0.2) is 0 Å². The Hall–Kier alpha value is -1.59. The molecule has 0 atom stereocenters. The number of aryl methyl sites for hydroxylation is 1. The Balaban J connectivity index is 1.89. The lowest BCUT2D eigenvalue weighted by Gasteiger charge is -2.16. The van der Waals surface area contributed by atoms with E-state index in [4.69, 9.17) is 4.42 Å². The van der Waals surface area contributed by atoms with Crippen molar-refractivity contribution in [3.63, 3.8) is 0 Å². The molecule has 2 rings (SSSR count). The molecule has 2 heterocycles. The molecule has 0 amide bonds. The maximum absolute atomic E-state index is 5.56. The second kappa shape index (κ2) is 7.26. The zero-order valence-electron chi connectivity index (χ0n) is 12.6. The lowest BCUT2D eigenvalue weighted by molar-refractivity contribution is 0.303. The van der Waals surface area contributed by atoms with Gasteiger partial charge >= 0.3 is 0 Å². The minimum absolute atomic E-state index is 0.798. The molecule has 0 aliphatic rings. The Morgan fingerprint density at radius 1 is 1.40 bits per heavy atom. The molecule has 0 aliphatic carbocycles. The van der Waals surface area contributed by atoms with Gasteiger partial charge in [0, 0.05) is 31.5 Å². The number of hydrogen-bond donors (Lipinski definition) is 1. The van der Waals surface area contributed by atoms with Crippen LogP contribution in [0.1, 0.15) is 30.5 Å². The van der Waals surface area contributed by atoms with Crippen LogP contribution in [0.5, 0.6) is 0 Å². The fraction of sp³-hybridized carbons (Fsp3) is 0.533. The van der Waals surface area contributed by atoms with Crippen molar-refractivity contribution >= 4 is 0 Å². The summed E-state index contributed by atoms with van der Waals surface area (Å²) in [6.07, 6.45) is 6.71. The second-order valence-corrected chi connectivity index (χ2v) is 5.17. The van der Waals surface area contributed by atoms with Crippen molar-refractivity contribution in [2.45, 2.75) is 33.0 Å².